The predicted molar refractivity (Wildman–Crippen MR) is 68.1 cm³/mol. The van der Waals surface area contributed by atoms with Gasteiger partial charge < -0.3 is 5.32 Å². The van der Waals surface area contributed by atoms with Gasteiger partial charge in [-0.25, -0.2) is 0 Å². The van der Waals surface area contributed by atoms with Gasteiger partial charge in [-0.3, -0.25) is 0 Å². The van der Waals surface area contributed by atoms with Gasteiger partial charge >= 0.3 is 0 Å². The highest BCUT2D eigenvalue weighted by Gasteiger charge is 2.25. The SMILES string of the molecule is CCCNC(CC)C1CCC(CC)CC1. The van der Waals surface area contributed by atoms with Crippen LogP contribution in [-0.4, -0.2) is 12.6 Å². The van der Waals surface area contributed by atoms with E-state index < -0.39 is 0 Å². The van der Waals surface area contributed by atoms with Crippen molar-refractivity contribution in [1.29, 1.82) is 0 Å². The van der Waals surface area contributed by atoms with Crippen molar-refractivity contribution >= 4 is 0 Å². The molecule has 0 saturated heterocycles. The molecule has 1 N–H and O–H groups in total. The first-order valence-corrected chi connectivity index (χ1v) is 7.05. The van der Waals surface area contributed by atoms with Crippen LogP contribution < -0.4 is 5.32 Å². The summed E-state index contributed by atoms with van der Waals surface area (Å²) < 4.78 is 0. The van der Waals surface area contributed by atoms with Crippen LogP contribution in [0.3, 0.4) is 0 Å². The van der Waals surface area contributed by atoms with Crippen LogP contribution >= 0.6 is 0 Å². The summed E-state index contributed by atoms with van der Waals surface area (Å²) in [4.78, 5) is 0. The Balaban J connectivity index is 2.29. The molecule has 0 aliphatic heterocycles. The van der Waals surface area contributed by atoms with Crippen molar-refractivity contribution < 1.29 is 0 Å². The van der Waals surface area contributed by atoms with Gasteiger partial charge in [-0.05, 0) is 44.1 Å². The lowest BCUT2D eigenvalue weighted by molar-refractivity contribution is 0.214. The molecule has 1 rings (SSSR count). The van der Waals surface area contributed by atoms with E-state index in [1.54, 1.807) is 0 Å². The highest BCUT2D eigenvalue weighted by atomic mass is 14.9. The summed E-state index contributed by atoms with van der Waals surface area (Å²) in [6, 6.07) is 0.794. The topological polar surface area (TPSA) is 12.0 Å². The minimum Gasteiger partial charge on any atom is -0.314 e. The van der Waals surface area contributed by atoms with Crippen molar-refractivity contribution in [2.45, 2.75) is 71.8 Å². The van der Waals surface area contributed by atoms with Gasteiger partial charge in [-0.15, -0.1) is 0 Å². The molecule has 1 nitrogen and oxygen atoms in total. The van der Waals surface area contributed by atoms with Crippen molar-refractivity contribution in [2.24, 2.45) is 11.8 Å². The molecular formula is C14H29N. The third-order valence-electron chi connectivity index (χ3n) is 4.13. The molecule has 0 radical (unpaired) electrons. The van der Waals surface area contributed by atoms with Crippen molar-refractivity contribution in [1.82, 2.24) is 5.32 Å². The fraction of sp³-hybridized carbons (Fsp3) is 1.00. The van der Waals surface area contributed by atoms with E-state index in [4.69, 9.17) is 0 Å². The Morgan fingerprint density at radius 3 is 2.20 bits per heavy atom. The van der Waals surface area contributed by atoms with Crippen LogP contribution in [0.25, 0.3) is 0 Å². The highest BCUT2D eigenvalue weighted by molar-refractivity contribution is 4.80. The molecule has 90 valence electrons. The summed E-state index contributed by atoms with van der Waals surface area (Å²) in [5.74, 6) is 1.99. The molecular weight excluding hydrogens is 182 g/mol. The summed E-state index contributed by atoms with van der Waals surface area (Å²) in [5.41, 5.74) is 0. The smallest absolute Gasteiger partial charge is 0.00926 e. The Bertz CT molecular complexity index is 147. The largest absolute Gasteiger partial charge is 0.314 e. The van der Waals surface area contributed by atoms with E-state index in [9.17, 15) is 0 Å². The van der Waals surface area contributed by atoms with Gasteiger partial charge in [0.2, 0.25) is 0 Å². The fourth-order valence-corrected chi connectivity index (χ4v) is 2.97. The van der Waals surface area contributed by atoms with Crippen LogP contribution in [0.1, 0.15) is 65.7 Å². The van der Waals surface area contributed by atoms with Gasteiger partial charge in [0.1, 0.15) is 0 Å². The molecule has 0 aromatic carbocycles. The Labute approximate surface area is 96.0 Å². The number of nitrogens with one attached hydrogen (secondary N) is 1. The Kier molecular flexibility index (Phi) is 6.31. The Morgan fingerprint density at radius 1 is 1.07 bits per heavy atom. The summed E-state index contributed by atoms with van der Waals surface area (Å²) >= 11 is 0. The highest BCUT2D eigenvalue weighted by Crippen LogP contribution is 2.33. The van der Waals surface area contributed by atoms with Gasteiger partial charge in [0, 0.05) is 6.04 Å². The second-order valence-electron chi connectivity index (χ2n) is 5.16. The van der Waals surface area contributed by atoms with Crippen LogP contribution in [0.5, 0.6) is 0 Å². The number of hydrogen-bond donors (Lipinski definition) is 1. The molecule has 0 aromatic heterocycles. The van der Waals surface area contributed by atoms with Gasteiger partial charge in [0.25, 0.3) is 0 Å². The number of rotatable bonds is 6. The molecule has 0 amide bonds. The lowest BCUT2D eigenvalue weighted by atomic mass is 9.77. The maximum Gasteiger partial charge on any atom is 0.00926 e. The summed E-state index contributed by atoms with van der Waals surface area (Å²) in [7, 11) is 0. The molecule has 1 fully saturated rings. The predicted octanol–water partition coefficient (Wildman–Crippen LogP) is 3.98. The molecule has 0 spiro atoms. The van der Waals surface area contributed by atoms with Crippen LogP contribution in [0.4, 0.5) is 0 Å². The van der Waals surface area contributed by atoms with Gasteiger partial charge in [-0.2, -0.15) is 0 Å². The summed E-state index contributed by atoms with van der Waals surface area (Å²) in [6.45, 7) is 8.14. The average molecular weight is 211 g/mol. The molecule has 1 aliphatic carbocycles. The van der Waals surface area contributed by atoms with E-state index in [0.29, 0.717) is 0 Å². The zero-order valence-electron chi connectivity index (χ0n) is 10.9. The Hall–Kier alpha value is -0.0400. The first-order chi connectivity index (χ1) is 7.31. The van der Waals surface area contributed by atoms with E-state index in [1.807, 2.05) is 0 Å². The molecule has 1 atom stereocenters. The third-order valence-corrected chi connectivity index (χ3v) is 4.13. The van der Waals surface area contributed by atoms with E-state index in [0.717, 1.165) is 17.9 Å². The molecule has 1 unspecified atom stereocenters. The van der Waals surface area contributed by atoms with Crippen molar-refractivity contribution in [3.05, 3.63) is 0 Å². The van der Waals surface area contributed by atoms with Crippen molar-refractivity contribution in [3.63, 3.8) is 0 Å². The Morgan fingerprint density at radius 2 is 1.73 bits per heavy atom. The van der Waals surface area contributed by atoms with Crippen molar-refractivity contribution in [2.75, 3.05) is 6.54 Å². The first kappa shape index (κ1) is 13.0. The van der Waals surface area contributed by atoms with Gasteiger partial charge in [0.15, 0.2) is 0 Å². The monoisotopic (exact) mass is 211 g/mol. The standard InChI is InChI=1S/C14H29N/c1-4-11-15-14(6-3)13-9-7-12(5-2)8-10-13/h12-15H,4-11H2,1-3H3. The second-order valence-corrected chi connectivity index (χ2v) is 5.16. The maximum absolute atomic E-state index is 3.72. The molecule has 0 bridgehead atoms. The molecule has 15 heavy (non-hydrogen) atoms. The van der Waals surface area contributed by atoms with E-state index in [2.05, 4.69) is 26.1 Å². The summed E-state index contributed by atoms with van der Waals surface area (Å²) in [6.07, 6.45) is 9.85. The lowest BCUT2D eigenvalue weighted by Crippen LogP contribution is -2.38. The zero-order chi connectivity index (χ0) is 11.1. The summed E-state index contributed by atoms with van der Waals surface area (Å²) in [5, 5.41) is 3.72. The van der Waals surface area contributed by atoms with Crippen LogP contribution in [0.15, 0.2) is 0 Å². The van der Waals surface area contributed by atoms with Crippen LogP contribution in [0, 0.1) is 11.8 Å². The van der Waals surface area contributed by atoms with Crippen LogP contribution in [-0.2, 0) is 0 Å². The quantitative estimate of drug-likeness (QED) is 0.700. The maximum atomic E-state index is 3.72. The van der Waals surface area contributed by atoms with Crippen molar-refractivity contribution in [3.8, 4) is 0 Å². The lowest BCUT2D eigenvalue weighted by Gasteiger charge is -2.33. The minimum atomic E-state index is 0.794. The van der Waals surface area contributed by atoms with E-state index in [1.165, 1.54) is 51.5 Å². The molecule has 1 saturated carbocycles. The average Bonchev–Trinajstić information content (AvgIpc) is 2.31. The first-order valence-electron chi connectivity index (χ1n) is 7.05. The van der Waals surface area contributed by atoms with Gasteiger partial charge in [0.05, 0.1) is 0 Å². The molecule has 1 aliphatic rings. The fourth-order valence-electron chi connectivity index (χ4n) is 2.97. The molecule has 0 aromatic rings. The molecule has 1 heteroatoms. The van der Waals surface area contributed by atoms with E-state index >= 15 is 0 Å². The van der Waals surface area contributed by atoms with Gasteiger partial charge in [-0.1, -0.05) is 40.0 Å². The normalized spacial score (nSPS) is 29.0. The minimum absolute atomic E-state index is 0.794. The van der Waals surface area contributed by atoms with Crippen LogP contribution in [0.2, 0.25) is 0 Å². The second kappa shape index (κ2) is 7.27. The zero-order valence-corrected chi connectivity index (χ0v) is 10.9. The number of hydrogen-bond acceptors (Lipinski definition) is 1. The molecule has 0 heterocycles. The van der Waals surface area contributed by atoms with E-state index in [-0.39, 0.29) is 0 Å². The third kappa shape index (κ3) is 4.14.